The highest BCUT2D eigenvalue weighted by molar-refractivity contribution is 5.94. The first-order valence-electron chi connectivity index (χ1n) is 10.4. The Balaban J connectivity index is 2.00. The van der Waals surface area contributed by atoms with Crippen LogP contribution in [0, 0.1) is 17.7 Å². The lowest BCUT2D eigenvalue weighted by atomic mass is 9.88. The van der Waals surface area contributed by atoms with Crippen molar-refractivity contribution in [3.8, 4) is 0 Å². The summed E-state index contributed by atoms with van der Waals surface area (Å²) in [6.07, 6.45) is 1.50. The normalized spacial score (nSPS) is 15.7. The fourth-order valence-electron chi connectivity index (χ4n) is 3.63. The quantitative estimate of drug-likeness (QED) is 0.597. The Bertz CT molecular complexity index is 733. The third-order valence-electron chi connectivity index (χ3n) is 5.17. The molecule has 1 atom stereocenters. The topological polar surface area (TPSA) is 87.7 Å². The van der Waals surface area contributed by atoms with E-state index >= 15 is 0 Å². The van der Waals surface area contributed by atoms with Gasteiger partial charge in [-0.05, 0) is 42.9 Å². The molecule has 3 amide bonds. The molecular weight excluding hydrogens is 389 g/mol. The molecule has 30 heavy (non-hydrogen) atoms. The molecule has 1 saturated heterocycles. The second-order valence-electron chi connectivity index (χ2n) is 8.07. The number of nitrogens with zero attached hydrogens (tertiary/aromatic N) is 1. The predicted octanol–water partition coefficient (Wildman–Crippen LogP) is 1.97. The van der Waals surface area contributed by atoms with Crippen molar-refractivity contribution in [1.82, 2.24) is 15.5 Å². The highest BCUT2D eigenvalue weighted by Crippen LogP contribution is 2.23. The summed E-state index contributed by atoms with van der Waals surface area (Å²) in [5.41, 5.74) is 0.313. The molecule has 1 aliphatic heterocycles. The summed E-state index contributed by atoms with van der Waals surface area (Å²) in [6, 6.07) is 4.98. The number of halogens is 1. The van der Waals surface area contributed by atoms with E-state index in [1.807, 2.05) is 13.8 Å². The van der Waals surface area contributed by atoms with Crippen molar-refractivity contribution in [1.29, 1.82) is 0 Å². The van der Waals surface area contributed by atoms with Gasteiger partial charge in [0.25, 0.3) is 5.91 Å². The summed E-state index contributed by atoms with van der Waals surface area (Å²) in [5.74, 6) is -0.961. The monoisotopic (exact) mass is 421 g/mol. The van der Waals surface area contributed by atoms with Crippen LogP contribution in [-0.4, -0.2) is 62.0 Å². The van der Waals surface area contributed by atoms with Gasteiger partial charge in [0, 0.05) is 38.7 Å². The lowest BCUT2D eigenvalue weighted by molar-refractivity contribution is -0.131. The zero-order valence-electron chi connectivity index (χ0n) is 17.9. The first kappa shape index (κ1) is 23.8. The zero-order valence-corrected chi connectivity index (χ0v) is 17.9. The van der Waals surface area contributed by atoms with Gasteiger partial charge in [-0.2, -0.15) is 0 Å². The number of hydrogen-bond acceptors (Lipinski definition) is 4. The van der Waals surface area contributed by atoms with Crippen molar-refractivity contribution in [3.05, 3.63) is 35.6 Å². The highest BCUT2D eigenvalue weighted by Gasteiger charge is 2.34. The van der Waals surface area contributed by atoms with Crippen LogP contribution in [0.25, 0.3) is 0 Å². The predicted molar refractivity (Wildman–Crippen MR) is 111 cm³/mol. The molecule has 1 heterocycles. The lowest BCUT2D eigenvalue weighted by Crippen LogP contribution is -2.54. The van der Waals surface area contributed by atoms with Crippen molar-refractivity contribution < 1.29 is 23.5 Å². The molecule has 0 saturated carbocycles. The molecule has 1 aromatic carbocycles. The Kier molecular flexibility index (Phi) is 9.23. The van der Waals surface area contributed by atoms with Crippen LogP contribution in [0.15, 0.2) is 24.3 Å². The van der Waals surface area contributed by atoms with Crippen molar-refractivity contribution in [2.75, 3.05) is 33.4 Å². The molecule has 0 bridgehead atoms. The molecule has 2 rings (SSSR count). The minimum atomic E-state index is -0.653. The highest BCUT2D eigenvalue weighted by atomic mass is 19.1. The fraction of sp³-hybridized carbons (Fsp3) is 0.591. The van der Waals surface area contributed by atoms with Crippen LogP contribution >= 0.6 is 0 Å². The summed E-state index contributed by atoms with van der Waals surface area (Å²) < 4.78 is 18.4. The largest absolute Gasteiger partial charge is 0.383 e. The van der Waals surface area contributed by atoms with Gasteiger partial charge in [-0.1, -0.05) is 19.9 Å². The number of likely N-dealkylation sites (tertiary alicyclic amines) is 1. The third kappa shape index (κ3) is 7.09. The second kappa shape index (κ2) is 11.6. The van der Waals surface area contributed by atoms with E-state index in [4.69, 9.17) is 4.74 Å². The SMILES string of the molecule is COCCNC(=O)[C@H](NC(=O)CC(C)C)C1CCN(C(=O)c2cccc(F)c2)CC1. The maximum absolute atomic E-state index is 13.4. The molecule has 166 valence electrons. The Hall–Kier alpha value is -2.48. The van der Waals surface area contributed by atoms with Crippen LogP contribution in [0.3, 0.4) is 0 Å². The van der Waals surface area contributed by atoms with Gasteiger partial charge >= 0.3 is 0 Å². The Morgan fingerprint density at radius 1 is 1.23 bits per heavy atom. The van der Waals surface area contributed by atoms with Gasteiger partial charge in [-0.3, -0.25) is 14.4 Å². The molecule has 0 radical (unpaired) electrons. The molecule has 1 aliphatic rings. The molecule has 8 heteroatoms. The average Bonchev–Trinajstić information content (AvgIpc) is 2.71. The molecule has 0 unspecified atom stereocenters. The maximum atomic E-state index is 13.4. The fourth-order valence-corrected chi connectivity index (χ4v) is 3.63. The van der Waals surface area contributed by atoms with E-state index in [-0.39, 0.29) is 29.6 Å². The van der Waals surface area contributed by atoms with E-state index in [1.165, 1.54) is 18.2 Å². The number of piperidine rings is 1. The summed E-state index contributed by atoms with van der Waals surface area (Å²) in [7, 11) is 1.55. The molecule has 1 aromatic rings. The van der Waals surface area contributed by atoms with Gasteiger partial charge < -0.3 is 20.3 Å². The Labute approximate surface area is 177 Å². The first-order chi connectivity index (χ1) is 14.3. The number of hydrogen-bond donors (Lipinski definition) is 2. The average molecular weight is 422 g/mol. The van der Waals surface area contributed by atoms with Crippen LogP contribution in [0.4, 0.5) is 4.39 Å². The maximum Gasteiger partial charge on any atom is 0.253 e. The van der Waals surface area contributed by atoms with Crippen LogP contribution in [0.2, 0.25) is 0 Å². The van der Waals surface area contributed by atoms with Crippen molar-refractivity contribution in [2.45, 2.75) is 39.2 Å². The van der Waals surface area contributed by atoms with Crippen molar-refractivity contribution >= 4 is 17.7 Å². The van der Waals surface area contributed by atoms with Gasteiger partial charge in [0.2, 0.25) is 11.8 Å². The van der Waals surface area contributed by atoms with E-state index in [0.29, 0.717) is 51.1 Å². The molecular formula is C22H32FN3O4. The minimum absolute atomic E-state index is 0.0831. The lowest BCUT2D eigenvalue weighted by Gasteiger charge is -2.36. The molecule has 7 nitrogen and oxygen atoms in total. The summed E-state index contributed by atoms with van der Waals surface area (Å²) in [4.78, 5) is 39.3. The van der Waals surface area contributed by atoms with Crippen LogP contribution in [0.5, 0.6) is 0 Å². The van der Waals surface area contributed by atoms with Crippen LogP contribution in [0.1, 0.15) is 43.5 Å². The molecule has 1 fully saturated rings. The number of methoxy groups -OCH3 is 1. The summed E-state index contributed by atoms with van der Waals surface area (Å²) in [5, 5.41) is 5.69. The van der Waals surface area contributed by atoms with E-state index < -0.39 is 11.9 Å². The molecule has 0 aliphatic carbocycles. The Morgan fingerprint density at radius 3 is 2.53 bits per heavy atom. The number of carbonyl (C=O) groups excluding carboxylic acids is 3. The smallest absolute Gasteiger partial charge is 0.253 e. The first-order valence-corrected chi connectivity index (χ1v) is 10.4. The number of amides is 3. The van der Waals surface area contributed by atoms with Crippen molar-refractivity contribution in [2.24, 2.45) is 11.8 Å². The van der Waals surface area contributed by atoms with Crippen LogP contribution < -0.4 is 10.6 Å². The van der Waals surface area contributed by atoms with Gasteiger partial charge in [0.15, 0.2) is 0 Å². The third-order valence-corrected chi connectivity index (χ3v) is 5.17. The second-order valence-corrected chi connectivity index (χ2v) is 8.07. The zero-order chi connectivity index (χ0) is 22.1. The van der Waals surface area contributed by atoms with E-state index in [2.05, 4.69) is 10.6 Å². The number of carbonyl (C=O) groups is 3. The van der Waals surface area contributed by atoms with E-state index in [0.717, 1.165) is 0 Å². The number of nitrogens with one attached hydrogen (secondary N) is 2. The summed E-state index contributed by atoms with van der Waals surface area (Å²) in [6.45, 7) is 5.54. The minimum Gasteiger partial charge on any atom is -0.383 e. The number of benzene rings is 1. The van der Waals surface area contributed by atoms with Gasteiger partial charge in [-0.15, -0.1) is 0 Å². The molecule has 0 spiro atoms. The van der Waals surface area contributed by atoms with Crippen LogP contribution in [-0.2, 0) is 14.3 Å². The number of rotatable bonds is 9. The standard InChI is InChI=1S/C22H32FN3O4/c1-15(2)13-19(27)25-20(21(28)24-9-12-30-3)16-7-10-26(11-8-16)22(29)17-5-4-6-18(23)14-17/h4-6,14-16,20H,7-13H2,1-3H3,(H,24,28)(H,25,27)/t20-/m1/s1. The number of ether oxygens (including phenoxy) is 1. The van der Waals surface area contributed by atoms with Gasteiger partial charge in [0.1, 0.15) is 11.9 Å². The Morgan fingerprint density at radius 2 is 1.93 bits per heavy atom. The molecule has 2 N–H and O–H groups in total. The molecule has 0 aromatic heterocycles. The summed E-state index contributed by atoms with van der Waals surface area (Å²) >= 11 is 0. The van der Waals surface area contributed by atoms with Gasteiger partial charge in [0.05, 0.1) is 6.61 Å². The van der Waals surface area contributed by atoms with Crippen molar-refractivity contribution in [3.63, 3.8) is 0 Å². The van der Waals surface area contributed by atoms with Gasteiger partial charge in [-0.25, -0.2) is 4.39 Å². The van der Waals surface area contributed by atoms with E-state index in [9.17, 15) is 18.8 Å². The van der Waals surface area contributed by atoms with E-state index in [1.54, 1.807) is 18.1 Å².